The molecule has 8 heteroatoms. The van der Waals surface area contributed by atoms with E-state index >= 15 is 0 Å². The van der Waals surface area contributed by atoms with Crippen LogP contribution in [0.15, 0.2) is 53.9 Å². The largest absolute Gasteiger partial charge is 0.484 e. The van der Waals surface area contributed by atoms with Gasteiger partial charge in [-0.3, -0.25) is 4.79 Å². The normalized spacial score (nSPS) is 10.3. The maximum atomic E-state index is 11.9. The zero-order valence-electron chi connectivity index (χ0n) is 13.5. The van der Waals surface area contributed by atoms with Gasteiger partial charge in [-0.05, 0) is 48.5 Å². The molecule has 0 atom stereocenters. The summed E-state index contributed by atoms with van der Waals surface area (Å²) in [6, 6.07) is 13.1. The highest BCUT2D eigenvalue weighted by atomic mass is 32.1. The summed E-state index contributed by atoms with van der Waals surface area (Å²) in [5.41, 5.74) is 7.98. The Hall–Kier alpha value is -3.39. The number of carbonyl (C=O) groups is 2. The number of hydrogen-bond donors (Lipinski definition) is 3. The first kappa shape index (κ1) is 17.4. The molecule has 0 spiro atoms. The Morgan fingerprint density at radius 3 is 2.38 bits per heavy atom. The molecule has 132 valence electrons. The number of aromatic carboxylic acids is 1. The van der Waals surface area contributed by atoms with E-state index in [0.29, 0.717) is 16.6 Å². The molecule has 0 bridgehead atoms. The third kappa shape index (κ3) is 4.37. The van der Waals surface area contributed by atoms with Crippen LogP contribution >= 0.6 is 11.3 Å². The van der Waals surface area contributed by atoms with Gasteiger partial charge in [-0.25, -0.2) is 9.78 Å². The maximum Gasteiger partial charge on any atom is 0.335 e. The van der Waals surface area contributed by atoms with E-state index in [1.54, 1.807) is 12.1 Å². The smallest absolute Gasteiger partial charge is 0.335 e. The van der Waals surface area contributed by atoms with E-state index in [0.717, 1.165) is 11.3 Å². The predicted molar refractivity (Wildman–Crippen MR) is 99.5 cm³/mol. The lowest BCUT2D eigenvalue weighted by molar-refractivity contribution is -0.118. The minimum absolute atomic E-state index is 0.154. The summed E-state index contributed by atoms with van der Waals surface area (Å²) in [6.45, 7) is -0.163. The summed E-state index contributed by atoms with van der Waals surface area (Å²) >= 11 is 1.37. The van der Waals surface area contributed by atoms with Gasteiger partial charge in [-0.15, -0.1) is 11.3 Å². The molecule has 1 heterocycles. The number of carboxylic acid groups (broad SMARTS) is 1. The standard InChI is InChI=1S/C18H15N3O4S/c19-18-21-15(10-26-18)11-3-7-14(8-4-11)25-9-16(22)20-13-5-1-12(2-6-13)17(23)24/h1-8,10H,9H2,(H2,19,21)(H,20,22)(H,23,24). The highest BCUT2D eigenvalue weighted by Gasteiger charge is 2.07. The number of carbonyl (C=O) groups excluding carboxylic acids is 1. The molecule has 7 nitrogen and oxygen atoms in total. The molecule has 0 aliphatic rings. The van der Waals surface area contributed by atoms with E-state index in [2.05, 4.69) is 10.3 Å². The van der Waals surface area contributed by atoms with Gasteiger partial charge in [-0.2, -0.15) is 0 Å². The Labute approximate surface area is 153 Å². The van der Waals surface area contributed by atoms with Crippen LogP contribution in [0.5, 0.6) is 5.75 Å². The molecule has 0 saturated carbocycles. The van der Waals surface area contributed by atoms with Crippen LogP contribution in [-0.4, -0.2) is 28.6 Å². The highest BCUT2D eigenvalue weighted by Crippen LogP contribution is 2.25. The van der Waals surface area contributed by atoms with Crippen molar-refractivity contribution < 1.29 is 19.4 Å². The number of nitrogens with one attached hydrogen (secondary N) is 1. The van der Waals surface area contributed by atoms with Gasteiger partial charge in [0.15, 0.2) is 11.7 Å². The average Bonchev–Trinajstić information content (AvgIpc) is 3.07. The number of carboxylic acids is 1. The predicted octanol–water partition coefficient (Wildman–Crippen LogP) is 3.11. The number of benzene rings is 2. The van der Waals surface area contributed by atoms with Crippen molar-refractivity contribution in [1.29, 1.82) is 0 Å². The summed E-state index contributed by atoms with van der Waals surface area (Å²) in [6.07, 6.45) is 0. The molecule has 1 aromatic heterocycles. The Morgan fingerprint density at radius 1 is 1.12 bits per heavy atom. The second kappa shape index (κ2) is 7.66. The molecule has 0 aliphatic heterocycles. The van der Waals surface area contributed by atoms with Crippen molar-refractivity contribution in [2.45, 2.75) is 0 Å². The Morgan fingerprint density at radius 2 is 1.81 bits per heavy atom. The number of thiazole rings is 1. The summed E-state index contributed by atoms with van der Waals surface area (Å²) in [5, 5.41) is 13.9. The zero-order chi connectivity index (χ0) is 18.5. The Kier molecular flexibility index (Phi) is 5.14. The number of hydrogen-bond acceptors (Lipinski definition) is 6. The number of amides is 1. The number of ether oxygens (including phenoxy) is 1. The van der Waals surface area contributed by atoms with Gasteiger partial charge in [0.05, 0.1) is 11.3 Å². The lowest BCUT2D eigenvalue weighted by atomic mass is 10.2. The summed E-state index contributed by atoms with van der Waals surface area (Å²) < 4.78 is 5.45. The molecule has 26 heavy (non-hydrogen) atoms. The first-order valence-electron chi connectivity index (χ1n) is 7.59. The Balaban J connectivity index is 1.53. The summed E-state index contributed by atoms with van der Waals surface area (Å²) in [4.78, 5) is 26.9. The van der Waals surface area contributed by atoms with Crippen molar-refractivity contribution in [3.05, 3.63) is 59.5 Å². The molecule has 0 radical (unpaired) electrons. The molecule has 3 rings (SSSR count). The SMILES string of the molecule is Nc1nc(-c2ccc(OCC(=O)Nc3ccc(C(=O)O)cc3)cc2)cs1. The molecular weight excluding hydrogens is 354 g/mol. The molecular formula is C18H15N3O4S. The van der Waals surface area contributed by atoms with Crippen molar-refractivity contribution in [3.8, 4) is 17.0 Å². The molecule has 3 aromatic rings. The van der Waals surface area contributed by atoms with Crippen LogP contribution in [0.25, 0.3) is 11.3 Å². The van der Waals surface area contributed by atoms with E-state index in [1.807, 2.05) is 17.5 Å². The van der Waals surface area contributed by atoms with Crippen molar-refractivity contribution in [3.63, 3.8) is 0 Å². The number of anilines is 2. The van der Waals surface area contributed by atoms with E-state index < -0.39 is 5.97 Å². The second-order valence-electron chi connectivity index (χ2n) is 5.31. The second-order valence-corrected chi connectivity index (χ2v) is 6.20. The lowest BCUT2D eigenvalue weighted by Gasteiger charge is -2.08. The van der Waals surface area contributed by atoms with Gasteiger partial charge in [0.2, 0.25) is 0 Å². The van der Waals surface area contributed by atoms with Gasteiger partial charge in [0.1, 0.15) is 5.75 Å². The minimum atomic E-state index is -1.02. The molecule has 0 unspecified atom stereocenters. The number of nitrogens with zero attached hydrogens (tertiary/aromatic N) is 1. The van der Waals surface area contributed by atoms with Crippen molar-refractivity contribution in [2.75, 3.05) is 17.7 Å². The fourth-order valence-electron chi connectivity index (χ4n) is 2.18. The first-order chi connectivity index (χ1) is 12.5. The van der Waals surface area contributed by atoms with Crippen molar-refractivity contribution in [2.24, 2.45) is 0 Å². The number of aromatic nitrogens is 1. The van der Waals surface area contributed by atoms with E-state index in [-0.39, 0.29) is 18.1 Å². The van der Waals surface area contributed by atoms with E-state index in [4.69, 9.17) is 15.6 Å². The van der Waals surface area contributed by atoms with Crippen molar-refractivity contribution >= 4 is 34.0 Å². The average molecular weight is 369 g/mol. The van der Waals surface area contributed by atoms with Gasteiger partial charge in [0.25, 0.3) is 5.91 Å². The van der Waals surface area contributed by atoms with Crippen LogP contribution < -0.4 is 15.8 Å². The monoisotopic (exact) mass is 369 g/mol. The highest BCUT2D eigenvalue weighted by molar-refractivity contribution is 7.13. The minimum Gasteiger partial charge on any atom is -0.484 e. The summed E-state index contributed by atoms with van der Waals surface area (Å²) in [7, 11) is 0. The van der Waals surface area contributed by atoms with E-state index in [9.17, 15) is 9.59 Å². The van der Waals surface area contributed by atoms with Crippen LogP contribution in [-0.2, 0) is 4.79 Å². The van der Waals surface area contributed by atoms with Gasteiger partial charge >= 0.3 is 5.97 Å². The Bertz CT molecular complexity index is 920. The van der Waals surface area contributed by atoms with Crippen LogP contribution in [0.3, 0.4) is 0 Å². The third-order valence-electron chi connectivity index (χ3n) is 3.46. The fraction of sp³-hybridized carbons (Fsp3) is 0.0556. The van der Waals surface area contributed by atoms with Crippen LogP contribution in [0.2, 0.25) is 0 Å². The first-order valence-corrected chi connectivity index (χ1v) is 8.46. The lowest BCUT2D eigenvalue weighted by Crippen LogP contribution is -2.20. The number of nitrogen functional groups attached to an aromatic ring is 1. The van der Waals surface area contributed by atoms with Gasteiger partial charge < -0.3 is 20.9 Å². The topological polar surface area (TPSA) is 115 Å². The molecule has 0 fully saturated rings. The van der Waals surface area contributed by atoms with Gasteiger partial charge in [-0.1, -0.05) is 0 Å². The fourth-order valence-corrected chi connectivity index (χ4v) is 2.76. The summed E-state index contributed by atoms with van der Waals surface area (Å²) in [5.74, 6) is -0.812. The van der Waals surface area contributed by atoms with Crippen LogP contribution in [0.4, 0.5) is 10.8 Å². The molecule has 1 amide bonds. The van der Waals surface area contributed by atoms with Crippen LogP contribution in [0, 0.1) is 0 Å². The quantitative estimate of drug-likeness (QED) is 0.615. The number of rotatable bonds is 6. The van der Waals surface area contributed by atoms with Gasteiger partial charge in [0, 0.05) is 16.6 Å². The number of nitrogens with two attached hydrogens (primary N) is 1. The van der Waals surface area contributed by atoms with Crippen molar-refractivity contribution in [1.82, 2.24) is 4.98 Å². The molecule has 0 aliphatic carbocycles. The third-order valence-corrected chi connectivity index (χ3v) is 4.13. The molecule has 2 aromatic carbocycles. The zero-order valence-corrected chi connectivity index (χ0v) is 14.3. The van der Waals surface area contributed by atoms with Crippen LogP contribution in [0.1, 0.15) is 10.4 Å². The maximum absolute atomic E-state index is 11.9. The molecule has 0 saturated heterocycles. The molecule has 4 N–H and O–H groups in total. The van der Waals surface area contributed by atoms with E-state index in [1.165, 1.54) is 35.6 Å².